The van der Waals surface area contributed by atoms with Gasteiger partial charge in [0.1, 0.15) is 24.2 Å². The Kier molecular flexibility index (Phi) is 16.4. The number of primary amides is 1. The minimum atomic E-state index is -1.24. The maximum absolute atomic E-state index is 13.7. The number of hydrogen-bond donors (Lipinski definition) is 9. The predicted molar refractivity (Wildman–Crippen MR) is 167 cm³/mol. The van der Waals surface area contributed by atoms with Gasteiger partial charge in [0.2, 0.25) is 35.4 Å². The quantitative estimate of drug-likeness (QED) is 0.0375. The molecular formula is C28H50N10O8. The van der Waals surface area contributed by atoms with Gasteiger partial charge in [-0.2, -0.15) is 0 Å². The topological polar surface area (TPSA) is 308 Å². The van der Waals surface area contributed by atoms with Crippen LogP contribution in [0.15, 0.2) is 4.99 Å². The highest BCUT2D eigenvalue weighted by molar-refractivity contribution is 5.96. The van der Waals surface area contributed by atoms with Gasteiger partial charge in [0.25, 0.3) is 0 Å². The van der Waals surface area contributed by atoms with E-state index in [0.29, 0.717) is 19.3 Å². The van der Waals surface area contributed by atoms with Crippen molar-refractivity contribution in [2.45, 2.75) is 96.4 Å². The normalized spacial score (nSPS) is 16.9. The molecule has 260 valence electrons. The van der Waals surface area contributed by atoms with E-state index < -0.39 is 90.0 Å². The number of hydrogen-bond acceptors (Lipinski definition) is 9. The fourth-order valence-electron chi connectivity index (χ4n) is 4.75. The number of carbonyl (C=O) groups is 7. The number of guanidine groups is 1. The summed E-state index contributed by atoms with van der Waals surface area (Å²) in [4.78, 5) is 92.7. The lowest BCUT2D eigenvalue weighted by molar-refractivity contribution is -0.145. The SMILES string of the molecule is CC(C)[C@H](NC(=O)CNC(=O)[C@@H](N)CCC(N)=O)C(=O)N[C@H](C(=O)N1CCC[C@H]1C(=O)N[C@@H](CCCN=C(N)N)C(=O)O)C(C)C. The Hall–Kier alpha value is -4.48. The molecule has 0 saturated carbocycles. The van der Waals surface area contributed by atoms with Crippen molar-refractivity contribution >= 4 is 47.4 Å². The number of nitrogens with one attached hydrogen (secondary N) is 4. The standard InChI is InChI=1S/C28H50N10O8/c1-14(2)21(36-20(40)13-34-23(41)16(29)9-10-19(30)39)25(43)37-22(15(3)4)26(44)38-12-6-8-18(38)24(42)35-17(27(45)46)7-5-11-33-28(31)32/h14-18,21-22H,5-13,29H2,1-4H3,(H2,30,39)(H,34,41)(H,35,42)(H,36,40)(H,37,43)(H,45,46)(H4,31,32,33)/t16-,17-,18-,21-,22-/m0/s1. The zero-order valence-corrected chi connectivity index (χ0v) is 26.9. The molecule has 1 fully saturated rings. The fourth-order valence-corrected chi connectivity index (χ4v) is 4.75. The summed E-state index contributed by atoms with van der Waals surface area (Å²) in [6.07, 6.45) is 1.07. The van der Waals surface area contributed by atoms with Crippen LogP contribution in [0.4, 0.5) is 0 Å². The number of rotatable bonds is 19. The van der Waals surface area contributed by atoms with Crippen LogP contribution in [0.2, 0.25) is 0 Å². The lowest BCUT2D eigenvalue weighted by atomic mass is 9.99. The van der Waals surface area contributed by atoms with E-state index in [1.165, 1.54) is 4.90 Å². The Labute approximate surface area is 268 Å². The molecule has 1 aliphatic rings. The summed E-state index contributed by atoms with van der Waals surface area (Å²) in [6, 6.07) is -5.34. The molecule has 0 aromatic carbocycles. The highest BCUT2D eigenvalue weighted by atomic mass is 16.4. The summed E-state index contributed by atoms with van der Waals surface area (Å²) < 4.78 is 0. The molecule has 0 aromatic rings. The number of aliphatic carboxylic acids is 1. The molecule has 0 unspecified atom stereocenters. The van der Waals surface area contributed by atoms with Crippen molar-refractivity contribution < 1.29 is 38.7 Å². The third-order valence-corrected chi connectivity index (χ3v) is 7.36. The van der Waals surface area contributed by atoms with Crippen LogP contribution in [0.25, 0.3) is 0 Å². The van der Waals surface area contributed by atoms with E-state index in [2.05, 4.69) is 26.3 Å². The Morgan fingerprint density at radius 1 is 0.891 bits per heavy atom. The first-order chi connectivity index (χ1) is 21.5. The number of nitrogens with zero attached hydrogens (tertiary/aromatic N) is 2. The number of likely N-dealkylation sites (tertiary alicyclic amines) is 1. The van der Waals surface area contributed by atoms with E-state index in [9.17, 15) is 38.7 Å². The lowest BCUT2D eigenvalue weighted by Crippen LogP contribution is -2.60. The van der Waals surface area contributed by atoms with Crippen LogP contribution >= 0.6 is 0 Å². The number of carboxylic acid groups (broad SMARTS) is 1. The molecule has 46 heavy (non-hydrogen) atoms. The first-order valence-corrected chi connectivity index (χ1v) is 15.3. The average molecular weight is 655 g/mol. The third kappa shape index (κ3) is 13.3. The molecule has 18 nitrogen and oxygen atoms in total. The number of nitrogens with two attached hydrogens (primary N) is 4. The molecule has 1 saturated heterocycles. The summed E-state index contributed by atoms with van der Waals surface area (Å²) in [7, 11) is 0. The molecule has 5 atom stereocenters. The number of aliphatic imine (C=N–C) groups is 1. The largest absolute Gasteiger partial charge is 0.480 e. The molecule has 6 amide bonds. The first kappa shape index (κ1) is 39.5. The minimum Gasteiger partial charge on any atom is -0.480 e. The summed E-state index contributed by atoms with van der Waals surface area (Å²) in [5.41, 5.74) is 21.3. The van der Waals surface area contributed by atoms with Gasteiger partial charge in [-0.25, -0.2) is 4.79 Å². The Bertz CT molecular complexity index is 1140. The molecular weight excluding hydrogens is 604 g/mol. The van der Waals surface area contributed by atoms with E-state index in [0.717, 1.165) is 0 Å². The number of carbonyl (C=O) groups excluding carboxylic acids is 6. The van der Waals surface area contributed by atoms with Crippen molar-refractivity contribution in [1.29, 1.82) is 0 Å². The van der Waals surface area contributed by atoms with Gasteiger partial charge >= 0.3 is 5.97 Å². The van der Waals surface area contributed by atoms with E-state index >= 15 is 0 Å². The van der Waals surface area contributed by atoms with Crippen molar-refractivity contribution in [2.24, 2.45) is 39.8 Å². The molecule has 0 aromatic heterocycles. The zero-order chi connectivity index (χ0) is 35.1. The predicted octanol–water partition coefficient (Wildman–Crippen LogP) is -3.41. The molecule has 0 radical (unpaired) electrons. The monoisotopic (exact) mass is 654 g/mol. The van der Waals surface area contributed by atoms with Gasteiger partial charge in [0, 0.05) is 19.5 Å². The molecule has 0 bridgehead atoms. The van der Waals surface area contributed by atoms with Crippen LogP contribution < -0.4 is 44.2 Å². The number of carboxylic acids is 1. The second kappa shape index (κ2) is 19.1. The highest BCUT2D eigenvalue weighted by Gasteiger charge is 2.40. The summed E-state index contributed by atoms with van der Waals surface area (Å²) in [6.45, 7) is 6.73. The van der Waals surface area contributed by atoms with Crippen LogP contribution in [0.3, 0.4) is 0 Å². The second-order valence-corrected chi connectivity index (χ2v) is 11.9. The molecule has 1 aliphatic heterocycles. The van der Waals surface area contributed by atoms with Crippen molar-refractivity contribution in [3.63, 3.8) is 0 Å². The van der Waals surface area contributed by atoms with Crippen molar-refractivity contribution in [2.75, 3.05) is 19.6 Å². The van der Waals surface area contributed by atoms with Gasteiger partial charge in [0.05, 0.1) is 12.6 Å². The van der Waals surface area contributed by atoms with Crippen LogP contribution in [0.5, 0.6) is 0 Å². The van der Waals surface area contributed by atoms with Crippen LogP contribution in [0.1, 0.15) is 66.2 Å². The van der Waals surface area contributed by atoms with Crippen LogP contribution in [-0.4, -0.2) is 107 Å². The van der Waals surface area contributed by atoms with Crippen LogP contribution in [-0.2, 0) is 33.6 Å². The van der Waals surface area contributed by atoms with Crippen molar-refractivity contribution in [1.82, 2.24) is 26.2 Å². The smallest absolute Gasteiger partial charge is 0.326 e. The van der Waals surface area contributed by atoms with Gasteiger partial charge in [-0.3, -0.25) is 33.8 Å². The van der Waals surface area contributed by atoms with Gasteiger partial charge in [-0.15, -0.1) is 0 Å². The van der Waals surface area contributed by atoms with Gasteiger partial charge in [-0.1, -0.05) is 27.7 Å². The molecule has 0 aliphatic carbocycles. The molecule has 18 heteroatoms. The van der Waals surface area contributed by atoms with E-state index in [1.807, 2.05) is 0 Å². The van der Waals surface area contributed by atoms with Crippen molar-refractivity contribution in [3.05, 3.63) is 0 Å². The maximum Gasteiger partial charge on any atom is 0.326 e. The summed E-state index contributed by atoms with van der Waals surface area (Å²) in [5, 5.41) is 19.7. The summed E-state index contributed by atoms with van der Waals surface area (Å²) in [5.74, 6) is -5.96. The highest BCUT2D eigenvalue weighted by Crippen LogP contribution is 2.21. The first-order valence-electron chi connectivity index (χ1n) is 15.3. The zero-order valence-electron chi connectivity index (χ0n) is 26.9. The Morgan fingerprint density at radius 3 is 2.07 bits per heavy atom. The van der Waals surface area contributed by atoms with E-state index in [1.54, 1.807) is 27.7 Å². The van der Waals surface area contributed by atoms with E-state index in [4.69, 9.17) is 22.9 Å². The third-order valence-electron chi connectivity index (χ3n) is 7.36. The Morgan fingerprint density at radius 2 is 1.52 bits per heavy atom. The van der Waals surface area contributed by atoms with Crippen LogP contribution in [0, 0.1) is 11.8 Å². The molecule has 1 rings (SSSR count). The van der Waals surface area contributed by atoms with Gasteiger partial charge in [0.15, 0.2) is 5.96 Å². The summed E-state index contributed by atoms with van der Waals surface area (Å²) >= 11 is 0. The van der Waals surface area contributed by atoms with Gasteiger partial charge < -0.3 is 54.2 Å². The van der Waals surface area contributed by atoms with Crippen molar-refractivity contribution in [3.8, 4) is 0 Å². The second-order valence-electron chi connectivity index (χ2n) is 11.9. The fraction of sp³-hybridized carbons (Fsp3) is 0.714. The molecule has 0 spiro atoms. The van der Waals surface area contributed by atoms with Gasteiger partial charge in [-0.05, 0) is 43.9 Å². The number of amides is 6. The minimum absolute atomic E-state index is 0.00476. The Balaban J connectivity index is 2.90. The molecule has 1 heterocycles. The average Bonchev–Trinajstić information content (AvgIpc) is 3.46. The van der Waals surface area contributed by atoms with E-state index in [-0.39, 0.29) is 38.3 Å². The molecule has 13 N–H and O–H groups in total. The lowest BCUT2D eigenvalue weighted by Gasteiger charge is -2.32. The maximum atomic E-state index is 13.7.